The molecule has 2 N–H and O–H groups in total. The number of methoxy groups -OCH3 is 1. The second-order valence-electron chi connectivity index (χ2n) is 6.76. The summed E-state index contributed by atoms with van der Waals surface area (Å²) in [6.07, 6.45) is 5.00. The van der Waals surface area contributed by atoms with Crippen LogP contribution in [0.1, 0.15) is 17.2 Å². The Morgan fingerprint density at radius 2 is 1.79 bits per heavy atom. The van der Waals surface area contributed by atoms with Crippen LogP contribution in [-0.4, -0.2) is 45.5 Å². The number of nitrogens with one attached hydrogen (secondary N) is 2. The van der Waals surface area contributed by atoms with E-state index >= 15 is 0 Å². The minimum Gasteiger partial charge on any atom is -0.497 e. The average molecular weight is 396 g/mol. The minimum atomic E-state index is 0.471. The maximum atomic E-state index is 5.21. The number of rotatable bonds is 9. The summed E-state index contributed by atoms with van der Waals surface area (Å²) in [6.45, 7) is 4.83. The Kier molecular flexibility index (Phi) is 7.27. The number of benzene rings is 1. The van der Waals surface area contributed by atoms with Crippen LogP contribution in [0.4, 0.5) is 0 Å². The van der Waals surface area contributed by atoms with E-state index in [1.807, 2.05) is 42.8 Å². The zero-order valence-corrected chi connectivity index (χ0v) is 17.3. The van der Waals surface area contributed by atoms with Crippen molar-refractivity contribution in [3.05, 3.63) is 66.0 Å². The van der Waals surface area contributed by atoms with E-state index in [0.717, 1.165) is 49.4 Å². The van der Waals surface area contributed by atoms with Crippen LogP contribution in [0, 0.1) is 6.92 Å². The van der Waals surface area contributed by atoms with Gasteiger partial charge in [-0.3, -0.25) is 0 Å². The van der Waals surface area contributed by atoms with Crippen molar-refractivity contribution >= 4 is 5.96 Å². The van der Waals surface area contributed by atoms with Gasteiger partial charge in [0.25, 0.3) is 0 Å². The summed E-state index contributed by atoms with van der Waals surface area (Å²) in [7, 11) is 3.63. The molecule has 0 bridgehead atoms. The van der Waals surface area contributed by atoms with Crippen LogP contribution < -0.4 is 15.4 Å². The summed E-state index contributed by atoms with van der Waals surface area (Å²) >= 11 is 0. The van der Waals surface area contributed by atoms with Gasteiger partial charge in [0, 0.05) is 39.1 Å². The van der Waals surface area contributed by atoms with E-state index in [2.05, 4.69) is 54.9 Å². The topological polar surface area (TPSA) is 81.3 Å². The molecule has 0 aliphatic carbocycles. The van der Waals surface area contributed by atoms with Crippen molar-refractivity contribution in [2.24, 2.45) is 12.0 Å². The molecule has 3 aromatic rings. The number of aromatic nitrogens is 4. The number of nitrogens with zero attached hydrogens (tertiary/aromatic N) is 5. The lowest BCUT2D eigenvalue weighted by Gasteiger charge is -2.13. The molecule has 0 saturated carbocycles. The maximum Gasteiger partial charge on any atom is 0.191 e. The number of hydrogen-bond acceptors (Lipinski definition) is 4. The monoisotopic (exact) mass is 395 g/mol. The van der Waals surface area contributed by atoms with Crippen LogP contribution >= 0.6 is 0 Å². The summed E-state index contributed by atoms with van der Waals surface area (Å²) in [6, 6.07) is 12.2. The van der Waals surface area contributed by atoms with Crippen molar-refractivity contribution in [1.82, 2.24) is 30.0 Å². The Labute approximate surface area is 171 Å². The van der Waals surface area contributed by atoms with E-state index in [1.54, 1.807) is 7.11 Å². The quantitative estimate of drug-likeness (QED) is 0.427. The third kappa shape index (κ3) is 6.10. The maximum absolute atomic E-state index is 5.21. The van der Waals surface area contributed by atoms with Crippen LogP contribution in [0.15, 0.2) is 53.8 Å². The van der Waals surface area contributed by atoms with Crippen molar-refractivity contribution in [2.75, 3.05) is 20.2 Å². The van der Waals surface area contributed by atoms with E-state index in [9.17, 15) is 0 Å². The standard InChI is InChI=1S/C21H29N7O/c1-17-25-26-20(27(17)2)16-24-21(23-12-15-28-13-4-5-14-28)22-11-10-18-6-8-19(29-3)9-7-18/h4-9,13-14H,10-12,15-16H2,1-3H3,(H2,22,23,24). The van der Waals surface area contributed by atoms with Gasteiger partial charge in [0.2, 0.25) is 0 Å². The number of ether oxygens (including phenoxy) is 1. The molecule has 0 fully saturated rings. The lowest BCUT2D eigenvalue weighted by atomic mass is 10.1. The Morgan fingerprint density at radius 3 is 2.45 bits per heavy atom. The van der Waals surface area contributed by atoms with E-state index in [0.29, 0.717) is 6.54 Å². The third-order valence-electron chi connectivity index (χ3n) is 4.76. The lowest BCUT2D eigenvalue weighted by molar-refractivity contribution is 0.414. The van der Waals surface area contributed by atoms with Gasteiger partial charge >= 0.3 is 0 Å². The molecule has 1 aromatic carbocycles. The van der Waals surface area contributed by atoms with Gasteiger partial charge in [-0.25, -0.2) is 4.99 Å². The van der Waals surface area contributed by atoms with E-state index in [4.69, 9.17) is 4.74 Å². The van der Waals surface area contributed by atoms with Crippen molar-refractivity contribution in [2.45, 2.75) is 26.4 Å². The summed E-state index contributed by atoms with van der Waals surface area (Å²) in [5.74, 6) is 3.36. The molecule has 8 heteroatoms. The van der Waals surface area contributed by atoms with Gasteiger partial charge in [-0.05, 0) is 43.2 Å². The predicted octanol–water partition coefficient (Wildman–Crippen LogP) is 1.91. The second-order valence-corrected chi connectivity index (χ2v) is 6.76. The Morgan fingerprint density at radius 1 is 1.07 bits per heavy atom. The molecule has 0 saturated heterocycles. The fraction of sp³-hybridized carbons (Fsp3) is 0.381. The molecule has 0 atom stereocenters. The fourth-order valence-electron chi connectivity index (χ4n) is 2.85. The zero-order chi connectivity index (χ0) is 20.5. The fourth-order valence-corrected chi connectivity index (χ4v) is 2.85. The molecular weight excluding hydrogens is 366 g/mol. The van der Waals surface area contributed by atoms with E-state index in [-0.39, 0.29) is 0 Å². The van der Waals surface area contributed by atoms with Crippen molar-refractivity contribution in [3.63, 3.8) is 0 Å². The summed E-state index contributed by atoms with van der Waals surface area (Å²) < 4.78 is 9.30. The van der Waals surface area contributed by atoms with Crippen LogP contribution in [-0.2, 0) is 26.6 Å². The molecule has 0 radical (unpaired) electrons. The molecule has 0 aliphatic rings. The summed E-state index contributed by atoms with van der Waals surface area (Å²) in [5, 5.41) is 15.1. The highest BCUT2D eigenvalue weighted by Crippen LogP contribution is 2.11. The van der Waals surface area contributed by atoms with Gasteiger partial charge in [0.1, 0.15) is 18.1 Å². The molecule has 8 nitrogen and oxygen atoms in total. The van der Waals surface area contributed by atoms with Gasteiger partial charge in [0.15, 0.2) is 11.8 Å². The van der Waals surface area contributed by atoms with Crippen LogP contribution in [0.2, 0.25) is 0 Å². The predicted molar refractivity (Wildman–Crippen MR) is 114 cm³/mol. The summed E-state index contributed by atoms with van der Waals surface area (Å²) in [4.78, 5) is 4.69. The second kappa shape index (κ2) is 10.3. The van der Waals surface area contributed by atoms with Gasteiger partial charge in [-0.1, -0.05) is 12.1 Å². The average Bonchev–Trinajstić information content (AvgIpc) is 3.37. The molecule has 0 spiro atoms. The number of hydrogen-bond donors (Lipinski definition) is 2. The van der Waals surface area contributed by atoms with Gasteiger partial charge in [-0.2, -0.15) is 0 Å². The van der Waals surface area contributed by atoms with Crippen LogP contribution in [0.5, 0.6) is 5.75 Å². The van der Waals surface area contributed by atoms with Crippen molar-refractivity contribution in [3.8, 4) is 5.75 Å². The van der Waals surface area contributed by atoms with Gasteiger partial charge < -0.3 is 24.5 Å². The van der Waals surface area contributed by atoms with E-state index in [1.165, 1.54) is 5.56 Å². The zero-order valence-electron chi connectivity index (χ0n) is 17.3. The largest absolute Gasteiger partial charge is 0.497 e. The van der Waals surface area contributed by atoms with Gasteiger partial charge in [-0.15, -0.1) is 10.2 Å². The molecule has 2 heterocycles. The normalized spacial score (nSPS) is 11.5. The molecule has 29 heavy (non-hydrogen) atoms. The first-order valence-corrected chi connectivity index (χ1v) is 9.76. The first-order chi connectivity index (χ1) is 14.2. The highest BCUT2D eigenvalue weighted by molar-refractivity contribution is 5.79. The molecule has 0 unspecified atom stereocenters. The molecule has 154 valence electrons. The van der Waals surface area contributed by atoms with E-state index < -0.39 is 0 Å². The van der Waals surface area contributed by atoms with Crippen LogP contribution in [0.25, 0.3) is 0 Å². The van der Waals surface area contributed by atoms with Gasteiger partial charge in [0.05, 0.1) is 7.11 Å². The summed E-state index contributed by atoms with van der Waals surface area (Å²) in [5.41, 5.74) is 1.24. The molecule has 2 aromatic heterocycles. The number of aliphatic imine (C=N–C) groups is 1. The Bertz CT molecular complexity index is 898. The molecule has 0 amide bonds. The highest BCUT2D eigenvalue weighted by Gasteiger charge is 2.05. The molecular formula is C21H29N7O. The Balaban J connectivity index is 1.56. The first-order valence-electron chi connectivity index (χ1n) is 9.76. The van der Waals surface area contributed by atoms with Crippen molar-refractivity contribution < 1.29 is 4.74 Å². The first kappa shape index (κ1) is 20.4. The Hall–Kier alpha value is -3.29. The minimum absolute atomic E-state index is 0.471. The third-order valence-corrected chi connectivity index (χ3v) is 4.76. The van der Waals surface area contributed by atoms with Crippen LogP contribution in [0.3, 0.4) is 0 Å². The molecule has 3 rings (SSSR count). The SMILES string of the molecule is COc1ccc(CCNC(=NCc2nnc(C)n2C)NCCn2cccc2)cc1. The molecule has 0 aliphatic heterocycles. The lowest BCUT2D eigenvalue weighted by Crippen LogP contribution is -2.40. The smallest absolute Gasteiger partial charge is 0.191 e. The number of guanidine groups is 1. The number of aryl methyl sites for hydroxylation is 1. The van der Waals surface area contributed by atoms with Crippen molar-refractivity contribution in [1.29, 1.82) is 0 Å². The highest BCUT2D eigenvalue weighted by atomic mass is 16.5.